The Bertz CT molecular complexity index is 746. The van der Waals surface area contributed by atoms with Crippen LogP contribution in [0.25, 0.3) is 16.7 Å². The maximum atomic E-state index is 5.80. The standard InChI is InChI=1S/C15H15N3O/c1-10-17-12-9-11(16)7-8-13(12)18(10)14-5-3-4-6-15(14)19-2/h3-9H,16H2,1-2H3. The Morgan fingerprint density at radius 1 is 1.16 bits per heavy atom. The first-order chi connectivity index (χ1) is 9.20. The average molecular weight is 253 g/mol. The van der Waals surface area contributed by atoms with Crippen LogP contribution in [-0.4, -0.2) is 16.7 Å². The molecule has 0 aliphatic heterocycles. The van der Waals surface area contributed by atoms with Crippen LogP contribution in [0.1, 0.15) is 5.82 Å². The molecule has 1 aromatic heterocycles. The van der Waals surface area contributed by atoms with E-state index in [1.54, 1.807) is 7.11 Å². The SMILES string of the molecule is COc1ccccc1-n1c(C)nc2cc(N)ccc21. The molecule has 0 radical (unpaired) electrons. The molecule has 4 heteroatoms. The van der Waals surface area contributed by atoms with Crippen LogP contribution in [0.2, 0.25) is 0 Å². The number of hydrogen-bond donors (Lipinski definition) is 1. The highest BCUT2D eigenvalue weighted by Crippen LogP contribution is 2.28. The van der Waals surface area contributed by atoms with Crippen LogP contribution in [0.5, 0.6) is 5.75 Å². The summed E-state index contributed by atoms with van der Waals surface area (Å²) in [7, 11) is 1.67. The van der Waals surface area contributed by atoms with E-state index < -0.39 is 0 Å². The maximum Gasteiger partial charge on any atom is 0.142 e. The molecule has 0 saturated carbocycles. The first-order valence-electron chi connectivity index (χ1n) is 6.08. The van der Waals surface area contributed by atoms with Gasteiger partial charge in [-0.25, -0.2) is 4.98 Å². The molecule has 19 heavy (non-hydrogen) atoms. The monoisotopic (exact) mass is 253 g/mol. The summed E-state index contributed by atoms with van der Waals surface area (Å²) in [6.07, 6.45) is 0. The van der Waals surface area contributed by atoms with Gasteiger partial charge in [-0.05, 0) is 37.3 Å². The van der Waals surface area contributed by atoms with E-state index in [0.717, 1.165) is 34.0 Å². The van der Waals surface area contributed by atoms with Crippen LogP contribution >= 0.6 is 0 Å². The number of para-hydroxylation sites is 2. The molecule has 0 aliphatic rings. The lowest BCUT2D eigenvalue weighted by Crippen LogP contribution is -1.99. The molecule has 0 spiro atoms. The maximum absolute atomic E-state index is 5.80. The predicted molar refractivity (Wildman–Crippen MR) is 76.8 cm³/mol. The number of ether oxygens (including phenoxy) is 1. The van der Waals surface area contributed by atoms with E-state index in [1.165, 1.54) is 0 Å². The van der Waals surface area contributed by atoms with Gasteiger partial charge in [-0.3, -0.25) is 4.57 Å². The van der Waals surface area contributed by atoms with Crippen molar-refractivity contribution in [1.82, 2.24) is 9.55 Å². The number of benzene rings is 2. The van der Waals surface area contributed by atoms with Crippen molar-refractivity contribution < 1.29 is 4.74 Å². The molecule has 0 atom stereocenters. The summed E-state index contributed by atoms with van der Waals surface area (Å²) in [5.41, 5.74) is 9.42. The molecule has 0 amide bonds. The Morgan fingerprint density at radius 3 is 2.74 bits per heavy atom. The molecule has 96 valence electrons. The summed E-state index contributed by atoms with van der Waals surface area (Å²) in [5, 5.41) is 0. The molecule has 2 N–H and O–H groups in total. The molecule has 3 aromatic rings. The average Bonchev–Trinajstić information content (AvgIpc) is 2.73. The van der Waals surface area contributed by atoms with Crippen LogP contribution in [0, 0.1) is 6.92 Å². The third-order valence-corrected chi connectivity index (χ3v) is 3.17. The third kappa shape index (κ3) is 1.81. The van der Waals surface area contributed by atoms with E-state index in [1.807, 2.05) is 49.4 Å². The van der Waals surface area contributed by atoms with E-state index >= 15 is 0 Å². The van der Waals surface area contributed by atoms with E-state index in [9.17, 15) is 0 Å². The number of aryl methyl sites for hydroxylation is 1. The number of imidazole rings is 1. The smallest absolute Gasteiger partial charge is 0.142 e. The number of nitrogens with two attached hydrogens (primary N) is 1. The fourth-order valence-corrected chi connectivity index (χ4v) is 2.34. The van der Waals surface area contributed by atoms with Crippen LogP contribution in [0.15, 0.2) is 42.5 Å². The fraction of sp³-hybridized carbons (Fsp3) is 0.133. The molecule has 4 nitrogen and oxygen atoms in total. The van der Waals surface area contributed by atoms with Crippen LogP contribution in [0.4, 0.5) is 5.69 Å². The zero-order valence-electron chi connectivity index (χ0n) is 10.9. The van der Waals surface area contributed by atoms with Crippen molar-refractivity contribution >= 4 is 16.7 Å². The molecule has 1 heterocycles. The number of rotatable bonds is 2. The second-order valence-electron chi connectivity index (χ2n) is 4.41. The Kier molecular flexibility index (Phi) is 2.63. The van der Waals surface area contributed by atoms with Crippen LogP contribution in [0.3, 0.4) is 0 Å². The highest BCUT2D eigenvalue weighted by atomic mass is 16.5. The molecule has 0 unspecified atom stereocenters. The number of hydrogen-bond acceptors (Lipinski definition) is 3. The molecule has 2 aromatic carbocycles. The molecular formula is C15H15N3O. The van der Waals surface area contributed by atoms with Gasteiger partial charge in [0.15, 0.2) is 0 Å². The minimum atomic E-state index is 0.720. The molecule has 0 saturated heterocycles. The lowest BCUT2D eigenvalue weighted by molar-refractivity contribution is 0.413. The predicted octanol–water partition coefficient (Wildman–Crippen LogP) is 2.92. The lowest BCUT2D eigenvalue weighted by Gasteiger charge is -2.11. The Balaban J connectivity index is 2.33. The summed E-state index contributed by atoms with van der Waals surface area (Å²) >= 11 is 0. The van der Waals surface area contributed by atoms with E-state index in [2.05, 4.69) is 9.55 Å². The first-order valence-corrected chi connectivity index (χ1v) is 6.08. The third-order valence-electron chi connectivity index (χ3n) is 3.17. The second-order valence-corrected chi connectivity index (χ2v) is 4.41. The van der Waals surface area contributed by atoms with E-state index in [0.29, 0.717) is 0 Å². The van der Waals surface area contributed by atoms with Gasteiger partial charge in [0.05, 0.1) is 23.8 Å². The zero-order chi connectivity index (χ0) is 13.4. The quantitative estimate of drug-likeness (QED) is 0.714. The van der Waals surface area contributed by atoms with Gasteiger partial charge in [0.1, 0.15) is 11.6 Å². The van der Waals surface area contributed by atoms with Gasteiger partial charge in [-0.1, -0.05) is 12.1 Å². The summed E-state index contributed by atoms with van der Waals surface area (Å²) < 4.78 is 7.50. The molecule has 0 fully saturated rings. The normalized spacial score (nSPS) is 10.8. The van der Waals surface area contributed by atoms with Crippen molar-refractivity contribution in [1.29, 1.82) is 0 Å². The number of anilines is 1. The molecule has 0 aliphatic carbocycles. The van der Waals surface area contributed by atoms with Crippen LogP contribution in [-0.2, 0) is 0 Å². The highest BCUT2D eigenvalue weighted by Gasteiger charge is 2.12. The van der Waals surface area contributed by atoms with E-state index in [-0.39, 0.29) is 0 Å². The van der Waals surface area contributed by atoms with Crippen molar-refractivity contribution in [2.24, 2.45) is 0 Å². The minimum Gasteiger partial charge on any atom is -0.495 e. The Morgan fingerprint density at radius 2 is 1.95 bits per heavy atom. The van der Waals surface area contributed by atoms with Gasteiger partial charge >= 0.3 is 0 Å². The molecule has 0 bridgehead atoms. The van der Waals surface area contributed by atoms with Crippen molar-refractivity contribution in [3.8, 4) is 11.4 Å². The fourth-order valence-electron chi connectivity index (χ4n) is 2.34. The minimum absolute atomic E-state index is 0.720. The van der Waals surface area contributed by atoms with Gasteiger partial charge in [-0.2, -0.15) is 0 Å². The van der Waals surface area contributed by atoms with Crippen molar-refractivity contribution in [3.63, 3.8) is 0 Å². The van der Waals surface area contributed by atoms with Gasteiger partial charge < -0.3 is 10.5 Å². The lowest BCUT2D eigenvalue weighted by atomic mass is 10.2. The number of aromatic nitrogens is 2. The number of nitrogen functional groups attached to an aromatic ring is 1. The summed E-state index contributed by atoms with van der Waals surface area (Å²) in [6, 6.07) is 13.6. The zero-order valence-corrected chi connectivity index (χ0v) is 10.9. The Hall–Kier alpha value is -2.49. The summed E-state index contributed by atoms with van der Waals surface area (Å²) in [6.45, 7) is 1.97. The highest BCUT2D eigenvalue weighted by molar-refractivity contribution is 5.82. The Labute approximate surface area is 111 Å². The number of methoxy groups -OCH3 is 1. The molecule has 3 rings (SSSR count). The van der Waals surface area contributed by atoms with E-state index in [4.69, 9.17) is 10.5 Å². The molecular weight excluding hydrogens is 238 g/mol. The van der Waals surface area contributed by atoms with Crippen molar-refractivity contribution in [2.75, 3.05) is 12.8 Å². The summed E-state index contributed by atoms with van der Waals surface area (Å²) in [4.78, 5) is 4.55. The van der Waals surface area contributed by atoms with Gasteiger partial charge in [0.2, 0.25) is 0 Å². The number of nitrogens with zero attached hydrogens (tertiary/aromatic N) is 2. The number of fused-ring (bicyclic) bond motifs is 1. The van der Waals surface area contributed by atoms with Crippen molar-refractivity contribution in [3.05, 3.63) is 48.3 Å². The topological polar surface area (TPSA) is 53.1 Å². The second kappa shape index (κ2) is 4.31. The summed E-state index contributed by atoms with van der Waals surface area (Å²) in [5.74, 6) is 1.73. The first kappa shape index (κ1) is 11.6. The van der Waals surface area contributed by atoms with Gasteiger partial charge in [-0.15, -0.1) is 0 Å². The van der Waals surface area contributed by atoms with Crippen molar-refractivity contribution in [2.45, 2.75) is 6.92 Å². The van der Waals surface area contributed by atoms with Gasteiger partial charge in [0.25, 0.3) is 0 Å². The van der Waals surface area contributed by atoms with Crippen LogP contribution < -0.4 is 10.5 Å². The van der Waals surface area contributed by atoms with Gasteiger partial charge in [0, 0.05) is 5.69 Å². The largest absolute Gasteiger partial charge is 0.495 e.